The van der Waals surface area contributed by atoms with Crippen molar-refractivity contribution in [1.29, 1.82) is 0 Å². The van der Waals surface area contributed by atoms with Crippen LogP contribution in [0, 0.1) is 0 Å². The third-order valence-electron chi connectivity index (χ3n) is 4.45. The number of rotatable bonds is 5. The normalized spacial score (nSPS) is 15.4. The van der Waals surface area contributed by atoms with Gasteiger partial charge in [0.1, 0.15) is 5.69 Å². The van der Waals surface area contributed by atoms with Crippen LogP contribution in [0.25, 0.3) is 5.69 Å². The number of carbonyl (C=O) groups is 1. The fraction of sp³-hybridized carbons (Fsp3) is 0.471. The molecule has 1 saturated carbocycles. The number of ether oxygens (including phenoxy) is 2. The average molecular weight is 315 g/mol. The molecule has 2 aromatic rings. The topological polar surface area (TPSA) is 66.2 Å². The van der Waals surface area contributed by atoms with Gasteiger partial charge >= 0.3 is 0 Å². The molecule has 1 aromatic carbocycles. The van der Waals surface area contributed by atoms with Crippen molar-refractivity contribution in [2.24, 2.45) is 0 Å². The van der Waals surface area contributed by atoms with E-state index in [1.807, 2.05) is 18.2 Å². The van der Waals surface area contributed by atoms with Gasteiger partial charge in [-0.15, -0.1) is 5.10 Å². The highest BCUT2D eigenvalue weighted by atomic mass is 16.5. The molecule has 1 aromatic heterocycles. The molecule has 0 amide bonds. The minimum atomic E-state index is 0.326. The Balaban J connectivity index is 2.05. The van der Waals surface area contributed by atoms with Gasteiger partial charge in [-0.1, -0.05) is 24.5 Å². The van der Waals surface area contributed by atoms with Crippen LogP contribution in [0.15, 0.2) is 18.2 Å². The monoisotopic (exact) mass is 315 g/mol. The lowest BCUT2D eigenvalue weighted by molar-refractivity contribution is 0.111. The van der Waals surface area contributed by atoms with Gasteiger partial charge in [0.05, 0.1) is 25.6 Å². The average Bonchev–Trinajstić information content (AvgIpc) is 3.05. The molecule has 1 aliphatic carbocycles. The lowest BCUT2D eigenvalue weighted by Gasteiger charge is -2.22. The minimum Gasteiger partial charge on any atom is -0.493 e. The van der Waals surface area contributed by atoms with E-state index >= 15 is 0 Å². The van der Waals surface area contributed by atoms with Crippen LogP contribution in [-0.2, 0) is 0 Å². The van der Waals surface area contributed by atoms with Crippen LogP contribution in [0.3, 0.4) is 0 Å². The Kier molecular flexibility index (Phi) is 4.60. The maximum absolute atomic E-state index is 11.4. The second-order valence-corrected chi connectivity index (χ2v) is 5.76. The van der Waals surface area contributed by atoms with E-state index < -0.39 is 0 Å². The molecule has 0 unspecified atom stereocenters. The van der Waals surface area contributed by atoms with Crippen molar-refractivity contribution in [3.05, 3.63) is 29.6 Å². The molecular weight excluding hydrogens is 294 g/mol. The fourth-order valence-corrected chi connectivity index (χ4v) is 3.29. The second kappa shape index (κ2) is 6.81. The van der Waals surface area contributed by atoms with Gasteiger partial charge in [-0.3, -0.25) is 4.79 Å². The van der Waals surface area contributed by atoms with Gasteiger partial charge in [0.2, 0.25) is 0 Å². The summed E-state index contributed by atoms with van der Waals surface area (Å²) in [6.45, 7) is 0. The highest BCUT2D eigenvalue weighted by Gasteiger charge is 2.25. The zero-order valence-corrected chi connectivity index (χ0v) is 13.5. The number of benzene rings is 1. The lowest BCUT2D eigenvalue weighted by Crippen LogP contribution is -2.12. The maximum atomic E-state index is 11.4. The van der Waals surface area contributed by atoms with E-state index in [-0.39, 0.29) is 0 Å². The summed E-state index contributed by atoms with van der Waals surface area (Å²) in [6, 6.07) is 5.59. The summed E-state index contributed by atoms with van der Waals surface area (Å²) in [6.07, 6.45) is 6.56. The van der Waals surface area contributed by atoms with E-state index in [9.17, 15) is 4.79 Å². The van der Waals surface area contributed by atoms with Gasteiger partial charge in [-0.2, -0.15) is 0 Å². The zero-order valence-electron chi connectivity index (χ0n) is 13.5. The molecule has 0 spiro atoms. The first-order valence-corrected chi connectivity index (χ1v) is 7.91. The maximum Gasteiger partial charge on any atom is 0.172 e. The smallest absolute Gasteiger partial charge is 0.172 e. The Morgan fingerprint density at radius 2 is 1.87 bits per heavy atom. The van der Waals surface area contributed by atoms with Crippen LogP contribution in [-0.4, -0.2) is 35.5 Å². The molecule has 0 bridgehead atoms. The van der Waals surface area contributed by atoms with Crippen molar-refractivity contribution in [2.45, 2.75) is 38.0 Å². The molecule has 0 saturated heterocycles. The van der Waals surface area contributed by atoms with E-state index in [1.54, 1.807) is 18.9 Å². The van der Waals surface area contributed by atoms with Crippen molar-refractivity contribution in [2.75, 3.05) is 14.2 Å². The Morgan fingerprint density at radius 1 is 1.13 bits per heavy atom. The van der Waals surface area contributed by atoms with Crippen LogP contribution in [0.2, 0.25) is 0 Å². The van der Waals surface area contributed by atoms with Gasteiger partial charge in [0.15, 0.2) is 17.8 Å². The van der Waals surface area contributed by atoms with E-state index in [1.165, 1.54) is 19.3 Å². The third kappa shape index (κ3) is 2.93. The summed E-state index contributed by atoms with van der Waals surface area (Å²) in [7, 11) is 3.20. The zero-order chi connectivity index (χ0) is 16.2. The Hall–Kier alpha value is -2.37. The van der Waals surface area contributed by atoms with Crippen LogP contribution < -0.4 is 9.47 Å². The van der Waals surface area contributed by atoms with Crippen molar-refractivity contribution in [3.63, 3.8) is 0 Å². The first-order valence-electron chi connectivity index (χ1n) is 7.91. The summed E-state index contributed by atoms with van der Waals surface area (Å²) in [5, 5.41) is 8.26. The van der Waals surface area contributed by atoms with Gasteiger partial charge < -0.3 is 9.47 Å². The number of hydrogen-bond donors (Lipinski definition) is 0. The molecule has 0 N–H and O–H groups in total. The number of carbonyl (C=O) groups excluding carboxylic acids is 1. The molecule has 1 heterocycles. The molecule has 6 nitrogen and oxygen atoms in total. The molecule has 6 heteroatoms. The third-order valence-corrected chi connectivity index (χ3v) is 4.45. The Labute approximate surface area is 135 Å². The second-order valence-electron chi connectivity index (χ2n) is 5.76. The number of hydrogen-bond acceptors (Lipinski definition) is 5. The van der Waals surface area contributed by atoms with Gasteiger partial charge in [0.25, 0.3) is 0 Å². The lowest BCUT2D eigenvalue weighted by atomic mass is 9.86. The first kappa shape index (κ1) is 15.5. The largest absolute Gasteiger partial charge is 0.493 e. The predicted molar refractivity (Wildman–Crippen MR) is 85.7 cm³/mol. The highest BCUT2D eigenvalue weighted by Crippen LogP contribution is 2.36. The van der Waals surface area contributed by atoms with Crippen LogP contribution >= 0.6 is 0 Å². The molecule has 1 aliphatic rings. The Morgan fingerprint density at radius 3 is 2.52 bits per heavy atom. The summed E-state index contributed by atoms with van der Waals surface area (Å²) < 4.78 is 12.4. The molecule has 23 heavy (non-hydrogen) atoms. The SMILES string of the molecule is COc1ccc(-n2nnc(C=O)c2C2CCCCC2)cc1OC. The molecule has 0 atom stereocenters. The molecule has 1 fully saturated rings. The molecule has 122 valence electrons. The van der Waals surface area contributed by atoms with E-state index in [0.29, 0.717) is 23.1 Å². The van der Waals surface area contributed by atoms with Crippen molar-refractivity contribution in [1.82, 2.24) is 15.0 Å². The summed E-state index contributed by atoms with van der Waals surface area (Å²) in [4.78, 5) is 11.4. The van der Waals surface area contributed by atoms with Crippen LogP contribution in [0.1, 0.15) is 54.2 Å². The molecule has 0 radical (unpaired) electrons. The Bertz CT molecular complexity index is 690. The van der Waals surface area contributed by atoms with Crippen molar-refractivity contribution >= 4 is 6.29 Å². The molecule has 3 rings (SSSR count). The minimum absolute atomic E-state index is 0.326. The van der Waals surface area contributed by atoms with Crippen LogP contribution in [0.4, 0.5) is 0 Å². The quantitative estimate of drug-likeness (QED) is 0.793. The summed E-state index contributed by atoms with van der Waals surface area (Å²) in [5.41, 5.74) is 2.17. The van der Waals surface area contributed by atoms with Crippen molar-refractivity contribution in [3.8, 4) is 17.2 Å². The fourth-order valence-electron chi connectivity index (χ4n) is 3.29. The van der Waals surface area contributed by atoms with Gasteiger partial charge in [0, 0.05) is 12.0 Å². The standard InChI is InChI=1S/C17H21N3O3/c1-22-15-9-8-13(10-16(15)23-2)20-17(14(11-21)18-19-20)12-6-4-3-5-7-12/h8-12H,3-7H2,1-2H3. The molecular formula is C17H21N3O3. The van der Waals surface area contributed by atoms with E-state index in [0.717, 1.165) is 30.5 Å². The summed E-state index contributed by atoms with van der Waals surface area (Å²) >= 11 is 0. The summed E-state index contributed by atoms with van der Waals surface area (Å²) in [5.74, 6) is 1.61. The van der Waals surface area contributed by atoms with Crippen LogP contribution in [0.5, 0.6) is 11.5 Å². The number of methoxy groups -OCH3 is 2. The number of nitrogens with zero attached hydrogens (tertiary/aromatic N) is 3. The van der Waals surface area contributed by atoms with Crippen molar-refractivity contribution < 1.29 is 14.3 Å². The highest BCUT2D eigenvalue weighted by molar-refractivity contribution is 5.74. The number of aromatic nitrogens is 3. The van der Waals surface area contributed by atoms with Gasteiger partial charge in [-0.05, 0) is 25.0 Å². The van der Waals surface area contributed by atoms with E-state index in [4.69, 9.17) is 9.47 Å². The molecule has 0 aliphatic heterocycles. The van der Waals surface area contributed by atoms with Gasteiger partial charge in [-0.25, -0.2) is 4.68 Å². The van der Waals surface area contributed by atoms with E-state index in [2.05, 4.69) is 10.3 Å². The predicted octanol–water partition coefficient (Wildman–Crippen LogP) is 3.14. The number of aldehydes is 1. The first-order chi connectivity index (χ1) is 11.3.